The van der Waals surface area contributed by atoms with Gasteiger partial charge in [0, 0.05) is 12.6 Å². The van der Waals surface area contributed by atoms with Gasteiger partial charge in [0.2, 0.25) is 10.0 Å². The number of benzene rings is 1. The SMILES string of the molecule is COc1ccc(S(=O)(=O)N[C@H]2CCNC2)cc1C(=O)Nc1ccc(F)c(C)n1. The van der Waals surface area contributed by atoms with Crippen LogP contribution in [-0.4, -0.2) is 45.6 Å². The van der Waals surface area contributed by atoms with Crippen molar-refractivity contribution in [1.82, 2.24) is 15.0 Å². The fraction of sp³-hybridized carbons (Fsp3) is 0.333. The number of anilines is 1. The van der Waals surface area contributed by atoms with Crippen LogP contribution < -0.4 is 20.1 Å². The number of ether oxygens (including phenoxy) is 1. The van der Waals surface area contributed by atoms with Gasteiger partial charge in [0.05, 0.1) is 23.3 Å². The Bertz CT molecular complexity index is 991. The number of rotatable bonds is 6. The molecule has 1 saturated heterocycles. The molecule has 8 nitrogen and oxygen atoms in total. The van der Waals surface area contributed by atoms with Crippen LogP contribution in [0.4, 0.5) is 10.2 Å². The standard InChI is InChI=1S/C18H21FN4O4S/c1-11-15(19)4-6-17(21-11)22-18(24)14-9-13(3-5-16(14)27-2)28(25,26)23-12-7-8-20-10-12/h3-6,9,12,20,23H,7-8,10H2,1-2H3,(H,21,22,24)/t12-/m0/s1. The van der Waals surface area contributed by atoms with Crippen LogP contribution in [0.25, 0.3) is 0 Å². The summed E-state index contributed by atoms with van der Waals surface area (Å²) in [6.07, 6.45) is 0.693. The molecular weight excluding hydrogens is 387 g/mol. The lowest BCUT2D eigenvalue weighted by Crippen LogP contribution is -2.36. The molecule has 0 unspecified atom stereocenters. The summed E-state index contributed by atoms with van der Waals surface area (Å²) in [5.74, 6) is -0.752. The predicted molar refractivity (Wildman–Crippen MR) is 101 cm³/mol. The Hall–Kier alpha value is -2.56. The van der Waals surface area contributed by atoms with E-state index < -0.39 is 21.7 Å². The second-order valence-electron chi connectivity index (χ2n) is 6.39. The summed E-state index contributed by atoms with van der Waals surface area (Å²) in [5.41, 5.74) is 0.161. The van der Waals surface area contributed by atoms with Gasteiger partial charge in [0.15, 0.2) is 0 Å². The molecule has 1 aliphatic heterocycles. The molecule has 0 radical (unpaired) electrons. The van der Waals surface area contributed by atoms with E-state index in [-0.39, 0.29) is 33.8 Å². The predicted octanol–water partition coefficient (Wildman–Crippen LogP) is 1.43. The molecule has 3 rings (SSSR count). The number of aryl methyl sites for hydroxylation is 1. The van der Waals surface area contributed by atoms with E-state index >= 15 is 0 Å². The van der Waals surface area contributed by atoms with Gasteiger partial charge in [-0.15, -0.1) is 0 Å². The zero-order valence-corrected chi connectivity index (χ0v) is 16.3. The Morgan fingerprint density at radius 1 is 1.32 bits per heavy atom. The van der Waals surface area contributed by atoms with Gasteiger partial charge in [0.25, 0.3) is 5.91 Å². The Morgan fingerprint density at radius 2 is 2.11 bits per heavy atom. The van der Waals surface area contributed by atoms with Gasteiger partial charge in [0.1, 0.15) is 17.4 Å². The highest BCUT2D eigenvalue weighted by atomic mass is 32.2. The Labute approximate surface area is 162 Å². The number of pyridine rings is 1. The maximum atomic E-state index is 13.4. The van der Waals surface area contributed by atoms with Gasteiger partial charge >= 0.3 is 0 Å². The molecule has 1 aromatic carbocycles. The molecule has 10 heteroatoms. The third-order valence-electron chi connectivity index (χ3n) is 4.37. The molecule has 1 atom stereocenters. The topological polar surface area (TPSA) is 109 Å². The third-order valence-corrected chi connectivity index (χ3v) is 5.89. The number of halogens is 1. The minimum Gasteiger partial charge on any atom is -0.496 e. The van der Waals surface area contributed by atoms with Crippen LogP contribution >= 0.6 is 0 Å². The van der Waals surface area contributed by atoms with E-state index in [0.717, 1.165) is 6.54 Å². The first-order valence-corrected chi connectivity index (χ1v) is 10.1. The molecule has 2 heterocycles. The van der Waals surface area contributed by atoms with Crippen molar-refractivity contribution in [2.75, 3.05) is 25.5 Å². The Kier molecular flexibility index (Phi) is 5.92. The summed E-state index contributed by atoms with van der Waals surface area (Å²) in [4.78, 5) is 16.6. The molecule has 0 saturated carbocycles. The Balaban J connectivity index is 1.87. The summed E-state index contributed by atoms with van der Waals surface area (Å²) >= 11 is 0. The monoisotopic (exact) mass is 408 g/mol. The molecular formula is C18H21FN4O4S. The molecule has 0 aliphatic carbocycles. The average Bonchev–Trinajstić information content (AvgIpc) is 3.16. The number of carbonyl (C=O) groups is 1. The van der Waals surface area contributed by atoms with Gasteiger partial charge < -0.3 is 15.4 Å². The van der Waals surface area contributed by atoms with Crippen molar-refractivity contribution in [3.63, 3.8) is 0 Å². The lowest BCUT2D eigenvalue weighted by atomic mass is 10.2. The zero-order valence-electron chi connectivity index (χ0n) is 15.5. The van der Waals surface area contributed by atoms with Crippen LogP contribution in [-0.2, 0) is 10.0 Å². The van der Waals surface area contributed by atoms with Crippen molar-refractivity contribution in [2.45, 2.75) is 24.3 Å². The molecule has 1 fully saturated rings. The smallest absolute Gasteiger partial charge is 0.260 e. The van der Waals surface area contributed by atoms with E-state index in [1.165, 1.54) is 44.4 Å². The lowest BCUT2D eigenvalue weighted by molar-refractivity contribution is 0.102. The second-order valence-corrected chi connectivity index (χ2v) is 8.10. The first-order chi connectivity index (χ1) is 13.3. The first kappa shape index (κ1) is 20.2. The molecule has 1 aliphatic rings. The molecule has 0 bridgehead atoms. The molecule has 150 valence electrons. The van der Waals surface area contributed by atoms with E-state index in [9.17, 15) is 17.6 Å². The summed E-state index contributed by atoms with van der Waals surface area (Å²) in [5, 5.41) is 5.62. The molecule has 3 N–H and O–H groups in total. The minimum absolute atomic E-state index is 0.0266. The average molecular weight is 408 g/mol. The highest BCUT2D eigenvalue weighted by Crippen LogP contribution is 2.24. The first-order valence-electron chi connectivity index (χ1n) is 8.66. The third kappa shape index (κ3) is 4.46. The zero-order chi connectivity index (χ0) is 20.3. The summed E-state index contributed by atoms with van der Waals surface area (Å²) in [6.45, 7) is 2.77. The van der Waals surface area contributed by atoms with E-state index in [0.29, 0.717) is 13.0 Å². The van der Waals surface area contributed by atoms with E-state index in [1.807, 2.05) is 0 Å². The molecule has 2 aromatic rings. The van der Waals surface area contributed by atoms with Gasteiger partial charge in [-0.25, -0.2) is 22.5 Å². The fourth-order valence-corrected chi connectivity index (χ4v) is 4.17. The van der Waals surface area contributed by atoms with Crippen LogP contribution in [0, 0.1) is 12.7 Å². The van der Waals surface area contributed by atoms with Crippen LogP contribution in [0.1, 0.15) is 22.5 Å². The maximum Gasteiger partial charge on any atom is 0.260 e. The highest BCUT2D eigenvalue weighted by molar-refractivity contribution is 7.89. The lowest BCUT2D eigenvalue weighted by Gasteiger charge is -2.14. The van der Waals surface area contributed by atoms with Crippen LogP contribution in [0.5, 0.6) is 5.75 Å². The van der Waals surface area contributed by atoms with Crippen LogP contribution in [0.15, 0.2) is 35.2 Å². The fourth-order valence-electron chi connectivity index (χ4n) is 2.87. The number of methoxy groups -OCH3 is 1. The van der Waals surface area contributed by atoms with Gasteiger partial charge in [-0.05, 0) is 50.2 Å². The van der Waals surface area contributed by atoms with E-state index in [4.69, 9.17) is 4.74 Å². The van der Waals surface area contributed by atoms with E-state index in [2.05, 4.69) is 20.3 Å². The van der Waals surface area contributed by atoms with Crippen molar-refractivity contribution < 1.29 is 22.3 Å². The number of hydrogen-bond acceptors (Lipinski definition) is 6. The summed E-state index contributed by atoms with van der Waals surface area (Å²) in [6, 6.07) is 6.35. The van der Waals surface area contributed by atoms with Crippen LogP contribution in [0.2, 0.25) is 0 Å². The Morgan fingerprint density at radius 3 is 2.75 bits per heavy atom. The number of carbonyl (C=O) groups excluding carboxylic acids is 1. The van der Waals surface area contributed by atoms with Crippen LogP contribution in [0.3, 0.4) is 0 Å². The van der Waals surface area contributed by atoms with E-state index in [1.54, 1.807) is 0 Å². The summed E-state index contributed by atoms with van der Waals surface area (Å²) in [7, 11) is -2.42. The molecule has 0 spiro atoms. The van der Waals surface area contributed by atoms with Crippen molar-refractivity contribution in [2.24, 2.45) is 0 Å². The number of hydrogen-bond donors (Lipinski definition) is 3. The van der Waals surface area contributed by atoms with Gasteiger partial charge in [-0.1, -0.05) is 0 Å². The largest absolute Gasteiger partial charge is 0.496 e. The maximum absolute atomic E-state index is 13.4. The number of nitrogens with zero attached hydrogens (tertiary/aromatic N) is 1. The van der Waals surface area contributed by atoms with Crippen molar-refractivity contribution >= 4 is 21.7 Å². The van der Waals surface area contributed by atoms with Crippen molar-refractivity contribution in [3.8, 4) is 5.75 Å². The number of nitrogens with one attached hydrogen (secondary N) is 3. The normalized spacial score (nSPS) is 16.8. The van der Waals surface area contributed by atoms with Gasteiger partial charge in [-0.3, -0.25) is 4.79 Å². The van der Waals surface area contributed by atoms with Crippen molar-refractivity contribution in [1.29, 1.82) is 0 Å². The van der Waals surface area contributed by atoms with Crippen molar-refractivity contribution in [3.05, 3.63) is 47.4 Å². The molecule has 28 heavy (non-hydrogen) atoms. The highest BCUT2D eigenvalue weighted by Gasteiger charge is 2.25. The summed E-state index contributed by atoms with van der Waals surface area (Å²) < 4.78 is 46.4. The van der Waals surface area contributed by atoms with Gasteiger partial charge in [-0.2, -0.15) is 0 Å². The number of amides is 1. The number of sulfonamides is 1. The quantitative estimate of drug-likeness (QED) is 0.667. The minimum atomic E-state index is -3.80. The number of aromatic nitrogens is 1. The molecule has 1 amide bonds. The second kappa shape index (κ2) is 8.21. The molecule has 1 aromatic heterocycles.